The van der Waals surface area contributed by atoms with Crippen LogP contribution in [0.3, 0.4) is 0 Å². The first-order valence-electron chi connectivity index (χ1n) is 14.2. The molecule has 1 rings (SSSR count). The van der Waals surface area contributed by atoms with Crippen LogP contribution in [0, 0.1) is 27.1 Å². The monoisotopic (exact) mass is 600 g/mol. The van der Waals surface area contributed by atoms with Crippen LogP contribution in [0.2, 0.25) is 0 Å². The van der Waals surface area contributed by atoms with Crippen molar-refractivity contribution in [3.63, 3.8) is 0 Å². The van der Waals surface area contributed by atoms with E-state index >= 15 is 0 Å². The average molecular weight is 601 g/mol. The van der Waals surface area contributed by atoms with E-state index in [1.165, 1.54) is 0 Å². The van der Waals surface area contributed by atoms with Gasteiger partial charge in [-0.15, -0.1) is 0 Å². The van der Waals surface area contributed by atoms with E-state index in [4.69, 9.17) is 28.4 Å². The summed E-state index contributed by atoms with van der Waals surface area (Å²) in [6, 6.07) is 0. The Morgan fingerprint density at radius 3 is 1.12 bits per heavy atom. The number of ether oxygens (including phenoxy) is 6. The molecule has 42 heavy (non-hydrogen) atoms. The molecular weight excluding hydrogens is 548 g/mol. The van der Waals surface area contributed by atoms with Crippen LogP contribution in [0.5, 0.6) is 0 Å². The van der Waals surface area contributed by atoms with Crippen molar-refractivity contribution >= 4 is 29.8 Å². The SMILES string of the molecule is CC(C)(C)C(=O)OC[C@H]1O[C@H](OC(=O)C(C)(C)C)[C@@H](OC(=O)C(C)(C)C)[C@@H](OC(=O)C(C)(C)C)[C@@H]1OC(=O)C(C)(C)C. The van der Waals surface area contributed by atoms with Crippen LogP contribution in [-0.4, -0.2) is 67.2 Å². The van der Waals surface area contributed by atoms with Crippen LogP contribution in [-0.2, 0) is 52.4 Å². The Bertz CT molecular complexity index is 1010. The van der Waals surface area contributed by atoms with Crippen molar-refractivity contribution in [1.82, 2.24) is 0 Å². The third-order valence-electron chi connectivity index (χ3n) is 5.98. The predicted molar refractivity (Wildman–Crippen MR) is 153 cm³/mol. The number of carbonyl (C=O) groups is 5. The molecule has 1 aliphatic heterocycles. The molecule has 0 amide bonds. The first kappa shape index (κ1) is 37.3. The maximum Gasteiger partial charge on any atom is 0.313 e. The van der Waals surface area contributed by atoms with Crippen LogP contribution in [0.1, 0.15) is 104 Å². The fourth-order valence-corrected chi connectivity index (χ4v) is 3.07. The van der Waals surface area contributed by atoms with Gasteiger partial charge in [0.1, 0.15) is 12.7 Å². The Kier molecular flexibility index (Phi) is 11.5. The minimum atomic E-state index is -1.59. The Morgan fingerprint density at radius 1 is 0.452 bits per heavy atom. The average Bonchev–Trinajstić information content (AvgIpc) is 2.77. The van der Waals surface area contributed by atoms with Gasteiger partial charge < -0.3 is 28.4 Å². The Balaban J connectivity index is 3.82. The summed E-state index contributed by atoms with van der Waals surface area (Å²) in [5, 5.41) is 0. The van der Waals surface area contributed by atoms with Crippen LogP contribution >= 0.6 is 0 Å². The fraction of sp³-hybridized carbons (Fsp3) is 0.839. The van der Waals surface area contributed by atoms with Crippen LogP contribution in [0.4, 0.5) is 0 Å². The standard InChI is InChI=1S/C31H52O11/c1-27(2,3)22(32)37-16-17-18(39-23(33)28(4,5)6)19(40-24(34)29(7,8)9)20(41-25(35)30(10,11)12)21(38-17)42-26(36)31(13,14)15/h17-21H,16H2,1-15H3/t17-,18-,19+,20+,21-/m1/s1. The van der Waals surface area contributed by atoms with Gasteiger partial charge in [0.2, 0.25) is 12.4 Å². The summed E-state index contributed by atoms with van der Waals surface area (Å²) in [6.45, 7) is 24.1. The second kappa shape index (κ2) is 12.9. The largest absolute Gasteiger partial charge is 0.462 e. The van der Waals surface area contributed by atoms with E-state index in [-0.39, 0.29) is 0 Å². The van der Waals surface area contributed by atoms with Crippen LogP contribution < -0.4 is 0 Å². The van der Waals surface area contributed by atoms with Gasteiger partial charge in [-0.25, -0.2) is 0 Å². The summed E-state index contributed by atoms with van der Waals surface area (Å²) < 4.78 is 34.9. The van der Waals surface area contributed by atoms with E-state index in [9.17, 15) is 24.0 Å². The molecule has 0 spiro atoms. The Labute approximate surface area is 250 Å². The summed E-state index contributed by atoms with van der Waals surface area (Å²) in [5.41, 5.74) is -4.86. The number of rotatable bonds is 6. The third-order valence-corrected chi connectivity index (χ3v) is 5.98. The van der Waals surface area contributed by atoms with Gasteiger partial charge in [-0.1, -0.05) is 0 Å². The lowest BCUT2D eigenvalue weighted by molar-refractivity contribution is -0.306. The van der Waals surface area contributed by atoms with Crippen molar-refractivity contribution in [1.29, 1.82) is 0 Å². The highest BCUT2D eigenvalue weighted by molar-refractivity contribution is 5.78. The molecule has 0 N–H and O–H groups in total. The molecule has 11 nitrogen and oxygen atoms in total. The van der Waals surface area contributed by atoms with Gasteiger partial charge in [0.05, 0.1) is 27.1 Å². The molecule has 0 aromatic carbocycles. The van der Waals surface area contributed by atoms with Gasteiger partial charge in [-0.3, -0.25) is 24.0 Å². The van der Waals surface area contributed by atoms with E-state index in [1.54, 1.807) is 104 Å². The highest BCUT2D eigenvalue weighted by atomic mass is 16.7. The Hall–Kier alpha value is -2.69. The quantitative estimate of drug-likeness (QED) is 0.308. The maximum absolute atomic E-state index is 13.2. The second-order valence-electron chi connectivity index (χ2n) is 15.9. The van der Waals surface area contributed by atoms with E-state index in [2.05, 4.69) is 0 Å². The van der Waals surface area contributed by atoms with E-state index < -0.39 is 94.2 Å². The number of carbonyl (C=O) groups excluding carboxylic acids is 5. The van der Waals surface area contributed by atoms with E-state index in [1.807, 2.05) is 0 Å². The summed E-state index contributed by atoms with van der Waals surface area (Å²) in [5.74, 6) is -3.34. The number of hydrogen-bond acceptors (Lipinski definition) is 11. The molecule has 1 heterocycles. The van der Waals surface area contributed by atoms with Crippen molar-refractivity contribution in [3.05, 3.63) is 0 Å². The van der Waals surface area contributed by atoms with E-state index in [0.29, 0.717) is 0 Å². The minimum Gasteiger partial charge on any atom is -0.462 e. The smallest absolute Gasteiger partial charge is 0.313 e. The Morgan fingerprint density at radius 2 is 0.762 bits per heavy atom. The lowest BCUT2D eigenvalue weighted by Crippen LogP contribution is -2.64. The van der Waals surface area contributed by atoms with Crippen LogP contribution in [0.25, 0.3) is 0 Å². The lowest BCUT2D eigenvalue weighted by Gasteiger charge is -2.45. The zero-order chi connectivity index (χ0) is 33.2. The van der Waals surface area contributed by atoms with Crippen molar-refractivity contribution in [3.8, 4) is 0 Å². The van der Waals surface area contributed by atoms with Crippen molar-refractivity contribution in [2.45, 2.75) is 135 Å². The lowest BCUT2D eigenvalue weighted by atomic mass is 9.92. The molecule has 0 aromatic rings. The van der Waals surface area contributed by atoms with Gasteiger partial charge in [0.15, 0.2) is 12.2 Å². The predicted octanol–water partition coefficient (Wildman–Crippen LogP) is 4.76. The molecule has 0 aromatic heterocycles. The molecule has 0 radical (unpaired) electrons. The van der Waals surface area contributed by atoms with Gasteiger partial charge in [-0.2, -0.15) is 0 Å². The zero-order valence-corrected chi connectivity index (χ0v) is 28.1. The summed E-state index contributed by atoms with van der Waals surface area (Å²) >= 11 is 0. The number of hydrogen-bond donors (Lipinski definition) is 0. The van der Waals surface area contributed by atoms with Crippen molar-refractivity contribution < 1.29 is 52.4 Å². The van der Waals surface area contributed by atoms with Crippen molar-refractivity contribution in [2.75, 3.05) is 6.61 Å². The number of esters is 5. The second-order valence-corrected chi connectivity index (χ2v) is 15.9. The minimum absolute atomic E-state index is 0.439. The normalized spacial score (nSPS) is 23.8. The van der Waals surface area contributed by atoms with Crippen LogP contribution in [0.15, 0.2) is 0 Å². The fourth-order valence-electron chi connectivity index (χ4n) is 3.07. The molecule has 1 fully saturated rings. The molecule has 0 bridgehead atoms. The summed E-state index contributed by atoms with van der Waals surface area (Å²) in [7, 11) is 0. The topological polar surface area (TPSA) is 141 Å². The first-order valence-corrected chi connectivity index (χ1v) is 14.2. The third kappa shape index (κ3) is 10.5. The van der Waals surface area contributed by atoms with Gasteiger partial charge in [-0.05, 0) is 104 Å². The highest BCUT2D eigenvalue weighted by Crippen LogP contribution is 2.35. The summed E-state index contributed by atoms with van der Waals surface area (Å²) in [6.07, 6.45) is -7.27. The molecule has 0 saturated carbocycles. The molecule has 1 saturated heterocycles. The molecular formula is C31H52O11. The highest BCUT2D eigenvalue weighted by Gasteiger charge is 2.56. The van der Waals surface area contributed by atoms with Crippen molar-refractivity contribution in [2.24, 2.45) is 27.1 Å². The van der Waals surface area contributed by atoms with Gasteiger partial charge in [0.25, 0.3) is 0 Å². The molecule has 0 aliphatic carbocycles. The summed E-state index contributed by atoms with van der Waals surface area (Å²) in [4.78, 5) is 65.3. The van der Waals surface area contributed by atoms with Gasteiger partial charge >= 0.3 is 29.8 Å². The zero-order valence-electron chi connectivity index (χ0n) is 28.1. The molecule has 242 valence electrons. The molecule has 1 aliphatic rings. The molecule has 0 unspecified atom stereocenters. The van der Waals surface area contributed by atoms with E-state index in [0.717, 1.165) is 0 Å². The molecule has 5 atom stereocenters. The molecule has 11 heteroatoms. The first-order chi connectivity index (χ1) is 18.6. The van der Waals surface area contributed by atoms with Gasteiger partial charge in [0, 0.05) is 0 Å². The maximum atomic E-state index is 13.2.